The Morgan fingerprint density at radius 3 is 2.41 bits per heavy atom. The van der Waals surface area contributed by atoms with Crippen molar-refractivity contribution in [2.75, 3.05) is 23.8 Å². The van der Waals surface area contributed by atoms with E-state index in [1.165, 1.54) is 18.2 Å². The first-order valence-corrected chi connectivity index (χ1v) is 10.4. The number of ether oxygens (including phenoxy) is 2. The van der Waals surface area contributed by atoms with Gasteiger partial charge in [-0.15, -0.1) is 0 Å². The predicted octanol–water partition coefficient (Wildman–Crippen LogP) is 4.35. The van der Waals surface area contributed by atoms with Crippen LogP contribution in [0, 0.1) is 5.82 Å². The Balaban J connectivity index is 1.32. The number of carbonyl (C=O) groups excluding carboxylic acids is 2. The Kier molecular flexibility index (Phi) is 6.65. The first kappa shape index (κ1) is 21.4. The molecule has 1 aliphatic rings. The van der Waals surface area contributed by atoms with Crippen molar-refractivity contribution in [1.29, 1.82) is 0 Å². The third kappa shape index (κ3) is 5.63. The van der Waals surface area contributed by atoms with Crippen molar-refractivity contribution in [3.8, 4) is 11.5 Å². The summed E-state index contributed by atoms with van der Waals surface area (Å²) in [6, 6.07) is 18.9. The Bertz CT molecular complexity index is 1120. The minimum Gasteiger partial charge on any atom is -0.486 e. The van der Waals surface area contributed by atoms with E-state index in [4.69, 9.17) is 9.47 Å². The maximum atomic E-state index is 14.2. The molecule has 0 saturated heterocycles. The topological polar surface area (TPSA) is 76.7 Å². The van der Waals surface area contributed by atoms with Crippen LogP contribution < -0.4 is 20.1 Å². The molecule has 2 N–H and O–H groups in total. The van der Waals surface area contributed by atoms with Crippen LogP contribution in [0.25, 0.3) is 0 Å². The third-order valence-electron chi connectivity index (χ3n) is 4.98. The highest BCUT2D eigenvalue weighted by atomic mass is 19.1. The van der Waals surface area contributed by atoms with Crippen molar-refractivity contribution in [3.05, 3.63) is 83.7 Å². The van der Waals surface area contributed by atoms with Gasteiger partial charge in [0.25, 0.3) is 0 Å². The lowest BCUT2D eigenvalue weighted by Crippen LogP contribution is -2.17. The molecule has 7 heteroatoms. The van der Waals surface area contributed by atoms with Crippen molar-refractivity contribution >= 4 is 23.2 Å². The van der Waals surface area contributed by atoms with E-state index in [2.05, 4.69) is 10.6 Å². The minimum atomic E-state index is -0.569. The molecule has 0 aliphatic carbocycles. The van der Waals surface area contributed by atoms with Gasteiger partial charge >= 0.3 is 0 Å². The fourth-order valence-electron chi connectivity index (χ4n) is 3.40. The van der Waals surface area contributed by atoms with Crippen molar-refractivity contribution in [1.82, 2.24) is 0 Å². The van der Waals surface area contributed by atoms with Crippen LogP contribution in [0.1, 0.15) is 17.5 Å². The second kappa shape index (κ2) is 9.96. The zero-order chi connectivity index (χ0) is 22.3. The molecule has 0 spiro atoms. The molecule has 0 unspecified atom stereocenters. The number of halogens is 1. The van der Waals surface area contributed by atoms with Gasteiger partial charge < -0.3 is 20.1 Å². The van der Waals surface area contributed by atoms with Gasteiger partial charge in [0.2, 0.25) is 11.8 Å². The van der Waals surface area contributed by atoms with Gasteiger partial charge in [0.05, 0.1) is 12.1 Å². The van der Waals surface area contributed by atoms with E-state index in [9.17, 15) is 14.0 Å². The number of amides is 2. The van der Waals surface area contributed by atoms with Gasteiger partial charge in [-0.2, -0.15) is 0 Å². The van der Waals surface area contributed by atoms with Gasteiger partial charge in [-0.3, -0.25) is 9.59 Å². The largest absolute Gasteiger partial charge is 0.486 e. The summed E-state index contributed by atoms with van der Waals surface area (Å²) in [5, 5.41) is 5.32. The van der Waals surface area contributed by atoms with E-state index >= 15 is 0 Å². The van der Waals surface area contributed by atoms with Crippen LogP contribution in [0.2, 0.25) is 0 Å². The first-order valence-electron chi connectivity index (χ1n) is 10.4. The number of carbonyl (C=O) groups is 2. The lowest BCUT2D eigenvalue weighted by molar-refractivity contribution is -0.116. The molecule has 0 saturated carbocycles. The minimum absolute atomic E-state index is 0.0237. The van der Waals surface area contributed by atoms with E-state index < -0.39 is 5.82 Å². The molecule has 0 bridgehead atoms. The molecule has 2 amide bonds. The molecule has 32 heavy (non-hydrogen) atoms. The van der Waals surface area contributed by atoms with Crippen molar-refractivity contribution in [2.24, 2.45) is 0 Å². The molecule has 6 nitrogen and oxygen atoms in total. The second-order valence-electron chi connectivity index (χ2n) is 7.43. The number of aryl methyl sites for hydroxylation is 1. The normalized spacial score (nSPS) is 12.2. The summed E-state index contributed by atoms with van der Waals surface area (Å²) in [4.78, 5) is 24.6. The van der Waals surface area contributed by atoms with Gasteiger partial charge in [0, 0.05) is 12.1 Å². The van der Waals surface area contributed by atoms with Crippen molar-refractivity contribution < 1.29 is 23.5 Å². The van der Waals surface area contributed by atoms with Gasteiger partial charge in [0.15, 0.2) is 11.5 Å². The van der Waals surface area contributed by atoms with Gasteiger partial charge in [-0.05, 0) is 47.9 Å². The molecular formula is C25H23FN2O4. The van der Waals surface area contributed by atoms with E-state index in [-0.39, 0.29) is 30.3 Å². The van der Waals surface area contributed by atoms with E-state index in [0.717, 1.165) is 11.1 Å². The van der Waals surface area contributed by atoms with E-state index in [1.807, 2.05) is 48.5 Å². The smallest absolute Gasteiger partial charge is 0.228 e. The molecule has 1 aliphatic heterocycles. The summed E-state index contributed by atoms with van der Waals surface area (Å²) < 4.78 is 25.2. The highest BCUT2D eigenvalue weighted by Crippen LogP contribution is 2.31. The first-order chi connectivity index (χ1) is 15.6. The molecule has 0 aromatic heterocycles. The number of anilines is 2. The van der Waals surface area contributed by atoms with Crippen LogP contribution >= 0.6 is 0 Å². The quantitative estimate of drug-likeness (QED) is 0.580. The van der Waals surface area contributed by atoms with E-state index in [0.29, 0.717) is 36.8 Å². The lowest BCUT2D eigenvalue weighted by atomic mass is 10.1. The SMILES string of the molecule is O=C(CCc1ccc2c(c1)OCCO2)Nc1ccc(F)c(NC(=O)Cc2ccccc2)c1. The number of hydrogen-bond acceptors (Lipinski definition) is 4. The Morgan fingerprint density at radius 1 is 0.812 bits per heavy atom. The van der Waals surface area contributed by atoms with Crippen LogP contribution in [0.5, 0.6) is 11.5 Å². The average molecular weight is 434 g/mol. The Morgan fingerprint density at radius 2 is 1.59 bits per heavy atom. The van der Waals surface area contributed by atoms with Crippen LogP contribution in [0.15, 0.2) is 66.7 Å². The van der Waals surface area contributed by atoms with Gasteiger partial charge in [-0.1, -0.05) is 36.4 Å². The number of hydrogen-bond donors (Lipinski definition) is 2. The number of benzene rings is 3. The summed E-state index contributed by atoms with van der Waals surface area (Å²) in [7, 11) is 0. The number of nitrogens with one attached hydrogen (secondary N) is 2. The summed E-state index contributed by atoms with van der Waals surface area (Å²) in [6.45, 7) is 1.03. The highest BCUT2D eigenvalue weighted by Gasteiger charge is 2.13. The Hall–Kier alpha value is -3.87. The molecule has 3 aromatic rings. The summed E-state index contributed by atoms with van der Waals surface area (Å²) in [5.74, 6) is 0.270. The average Bonchev–Trinajstić information content (AvgIpc) is 2.80. The fourth-order valence-corrected chi connectivity index (χ4v) is 3.40. The predicted molar refractivity (Wildman–Crippen MR) is 120 cm³/mol. The van der Waals surface area contributed by atoms with E-state index in [1.54, 1.807) is 0 Å². The molecule has 3 aromatic carbocycles. The molecule has 0 atom stereocenters. The standard InChI is InChI=1S/C25H23FN2O4/c26-20-9-8-19(16-21(20)28-25(30)15-17-4-2-1-3-5-17)27-24(29)11-7-18-6-10-22-23(14-18)32-13-12-31-22/h1-6,8-10,14,16H,7,11-13,15H2,(H,27,29)(H,28,30). The zero-order valence-corrected chi connectivity index (χ0v) is 17.4. The van der Waals surface area contributed by atoms with Gasteiger partial charge in [0.1, 0.15) is 19.0 Å². The molecule has 0 radical (unpaired) electrons. The van der Waals surface area contributed by atoms with Crippen LogP contribution in [0.4, 0.5) is 15.8 Å². The summed E-state index contributed by atoms with van der Waals surface area (Å²) in [6.07, 6.45) is 0.892. The molecule has 0 fully saturated rings. The summed E-state index contributed by atoms with van der Waals surface area (Å²) >= 11 is 0. The maximum absolute atomic E-state index is 14.2. The monoisotopic (exact) mass is 434 g/mol. The lowest BCUT2D eigenvalue weighted by Gasteiger charge is -2.18. The molecule has 1 heterocycles. The number of rotatable bonds is 7. The van der Waals surface area contributed by atoms with Crippen LogP contribution in [-0.2, 0) is 22.4 Å². The third-order valence-corrected chi connectivity index (χ3v) is 4.98. The van der Waals surface area contributed by atoms with Crippen LogP contribution in [-0.4, -0.2) is 25.0 Å². The zero-order valence-electron chi connectivity index (χ0n) is 17.4. The molecule has 164 valence electrons. The van der Waals surface area contributed by atoms with Crippen molar-refractivity contribution in [3.63, 3.8) is 0 Å². The Labute approximate surface area is 185 Å². The highest BCUT2D eigenvalue weighted by molar-refractivity contribution is 5.95. The molecular weight excluding hydrogens is 411 g/mol. The second-order valence-corrected chi connectivity index (χ2v) is 7.43. The van der Waals surface area contributed by atoms with Crippen LogP contribution in [0.3, 0.4) is 0 Å². The maximum Gasteiger partial charge on any atom is 0.228 e. The number of fused-ring (bicyclic) bond motifs is 1. The fraction of sp³-hybridized carbons (Fsp3) is 0.200. The van der Waals surface area contributed by atoms with Gasteiger partial charge in [-0.25, -0.2) is 4.39 Å². The van der Waals surface area contributed by atoms with Crippen molar-refractivity contribution in [2.45, 2.75) is 19.3 Å². The summed E-state index contributed by atoms with van der Waals surface area (Å²) in [5.41, 5.74) is 2.22. The molecule has 4 rings (SSSR count).